The van der Waals surface area contributed by atoms with Crippen molar-refractivity contribution >= 4 is 17.4 Å². The molecule has 0 bridgehead atoms. The lowest BCUT2D eigenvalue weighted by molar-refractivity contribution is -0.124. The van der Waals surface area contributed by atoms with Crippen molar-refractivity contribution in [3.05, 3.63) is 83.6 Å². The van der Waals surface area contributed by atoms with Crippen LogP contribution in [0.4, 0.5) is 11.5 Å². The number of pyridine rings is 1. The Kier molecular flexibility index (Phi) is 6.72. The molecule has 1 aromatic heterocycles. The number of carbonyl (C=O) groups is 1. The highest BCUT2D eigenvalue weighted by Crippen LogP contribution is 2.21. The summed E-state index contributed by atoms with van der Waals surface area (Å²) in [6, 6.07) is 19.6. The summed E-state index contributed by atoms with van der Waals surface area (Å²) in [4.78, 5) is 21.5. The largest absolute Gasteiger partial charge is 0.481 e. The molecule has 30 heavy (non-hydrogen) atoms. The van der Waals surface area contributed by atoms with E-state index in [1.165, 1.54) is 5.56 Å². The molecule has 5 nitrogen and oxygen atoms in total. The summed E-state index contributed by atoms with van der Waals surface area (Å²) >= 11 is 0. The average Bonchev–Trinajstić information content (AvgIpc) is 2.75. The minimum absolute atomic E-state index is 0.136. The van der Waals surface area contributed by atoms with Crippen LogP contribution in [0.25, 0.3) is 0 Å². The fourth-order valence-corrected chi connectivity index (χ4v) is 3.13. The topological polar surface area (TPSA) is 45.7 Å². The second kappa shape index (κ2) is 9.44. The van der Waals surface area contributed by atoms with Crippen LogP contribution in [0.5, 0.6) is 5.75 Å². The predicted octanol–water partition coefficient (Wildman–Crippen LogP) is 4.77. The number of aryl methyl sites for hydroxylation is 2. The second-order valence-electron chi connectivity index (χ2n) is 7.68. The Morgan fingerprint density at radius 3 is 2.33 bits per heavy atom. The fraction of sp³-hybridized carbons (Fsp3) is 0.280. The lowest BCUT2D eigenvalue weighted by Crippen LogP contribution is -2.40. The van der Waals surface area contributed by atoms with Gasteiger partial charge < -0.3 is 9.64 Å². The highest BCUT2D eigenvalue weighted by atomic mass is 16.5. The Hall–Kier alpha value is -3.34. The van der Waals surface area contributed by atoms with Gasteiger partial charge in [-0.3, -0.25) is 9.69 Å². The van der Waals surface area contributed by atoms with Crippen molar-refractivity contribution in [1.29, 1.82) is 0 Å². The number of benzene rings is 2. The van der Waals surface area contributed by atoms with Gasteiger partial charge in [0.25, 0.3) is 5.91 Å². The molecule has 3 rings (SSSR count). The van der Waals surface area contributed by atoms with Crippen molar-refractivity contribution in [3.63, 3.8) is 0 Å². The number of nitrogens with zero attached hydrogens (tertiary/aromatic N) is 3. The van der Waals surface area contributed by atoms with Gasteiger partial charge >= 0.3 is 0 Å². The van der Waals surface area contributed by atoms with Crippen LogP contribution in [-0.4, -0.2) is 31.1 Å². The van der Waals surface area contributed by atoms with Crippen LogP contribution < -0.4 is 14.5 Å². The monoisotopic (exact) mass is 403 g/mol. The molecule has 2 aromatic carbocycles. The standard InChI is InChI=1S/C25H29N3O2/c1-18-9-14-23(16-19(18)2)30-20(3)25(29)28(24-8-6-7-15-26-24)17-21-10-12-22(13-11-21)27(4)5/h6-16,20H,17H2,1-5H3. The number of ether oxygens (including phenoxy) is 1. The van der Waals surface area contributed by atoms with E-state index >= 15 is 0 Å². The highest BCUT2D eigenvalue weighted by molar-refractivity contribution is 5.95. The van der Waals surface area contributed by atoms with E-state index < -0.39 is 6.10 Å². The number of carbonyl (C=O) groups excluding carboxylic acids is 1. The van der Waals surface area contributed by atoms with Crippen molar-refractivity contribution in [1.82, 2.24) is 4.98 Å². The molecule has 0 saturated carbocycles. The highest BCUT2D eigenvalue weighted by Gasteiger charge is 2.25. The summed E-state index contributed by atoms with van der Waals surface area (Å²) in [6.07, 6.45) is 1.05. The summed E-state index contributed by atoms with van der Waals surface area (Å²) in [5, 5.41) is 0. The van der Waals surface area contributed by atoms with Gasteiger partial charge in [-0.2, -0.15) is 0 Å². The number of aromatic nitrogens is 1. The molecular weight excluding hydrogens is 374 g/mol. The molecule has 0 aliphatic rings. The Morgan fingerprint density at radius 1 is 1.00 bits per heavy atom. The molecule has 0 aliphatic carbocycles. The van der Waals surface area contributed by atoms with Crippen LogP contribution in [0.1, 0.15) is 23.6 Å². The van der Waals surface area contributed by atoms with Gasteiger partial charge in [0, 0.05) is 26.0 Å². The number of rotatable bonds is 7. The van der Waals surface area contributed by atoms with Gasteiger partial charge in [0.2, 0.25) is 0 Å². The Bertz CT molecular complexity index is 985. The van der Waals surface area contributed by atoms with Gasteiger partial charge in [0.1, 0.15) is 11.6 Å². The third kappa shape index (κ3) is 5.17. The van der Waals surface area contributed by atoms with E-state index in [4.69, 9.17) is 4.74 Å². The molecule has 1 amide bonds. The average molecular weight is 404 g/mol. The van der Waals surface area contributed by atoms with Crippen LogP contribution in [0.3, 0.4) is 0 Å². The van der Waals surface area contributed by atoms with Crippen molar-refractivity contribution in [3.8, 4) is 5.75 Å². The van der Waals surface area contributed by atoms with E-state index in [9.17, 15) is 4.79 Å². The Balaban J connectivity index is 1.82. The number of amides is 1. The SMILES string of the molecule is Cc1ccc(OC(C)C(=O)N(Cc2ccc(N(C)C)cc2)c2ccccn2)cc1C. The molecule has 0 fully saturated rings. The maximum absolute atomic E-state index is 13.3. The smallest absolute Gasteiger partial charge is 0.269 e. The first-order chi connectivity index (χ1) is 14.3. The molecule has 0 aliphatic heterocycles. The number of anilines is 2. The van der Waals surface area contributed by atoms with Gasteiger partial charge in [-0.1, -0.05) is 24.3 Å². The summed E-state index contributed by atoms with van der Waals surface area (Å²) in [5.74, 6) is 1.16. The van der Waals surface area contributed by atoms with E-state index in [1.54, 1.807) is 18.0 Å². The molecule has 0 spiro atoms. The van der Waals surface area contributed by atoms with Crippen molar-refractivity contribution < 1.29 is 9.53 Å². The second-order valence-corrected chi connectivity index (χ2v) is 7.68. The van der Waals surface area contributed by atoms with E-state index in [0.717, 1.165) is 16.8 Å². The maximum atomic E-state index is 13.3. The van der Waals surface area contributed by atoms with Crippen LogP contribution in [-0.2, 0) is 11.3 Å². The maximum Gasteiger partial charge on any atom is 0.269 e. The molecule has 1 heterocycles. The minimum atomic E-state index is -0.643. The van der Waals surface area contributed by atoms with Crippen molar-refractivity contribution in [2.75, 3.05) is 23.9 Å². The van der Waals surface area contributed by atoms with Gasteiger partial charge in [0.15, 0.2) is 6.10 Å². The third-order valence-electron chi connectivity index (χ3n) is 5.12. The lowest BCUT2D eigenvalue weighted by Gasteiger charge is -2.26. The van der Waals surface area contributed by atoms with E-state index in [0.29, 0.717) is 18.1 Å². The van der Waals surface area contributed by atoms with Gasteiger partial charge in [0.05, 0.1) is 6.54 Å². The summed E-state index contributed by atoms with van der Waals surface area (Å²) in [7, 11) is 4.01. The molecule has 156 valence electrons. The van der Waals surface area contributed by atoms with Crippen molar-refractivity contribution in [2.45, 2.75) is 33.4 Å². The van der Waals surface area contributed by atoms with Crippen LogP contribution in [0, 0.1) is 13.8 Å². The van der Waals surface area contributed by atoms with Gasteiger partial charge in [-0.05, 0) is 73.9 Å². The molecular formula is C25H29N3O2. The summed E-state index contributed by atoms with van der Waals surface area (Å²) in [6.45, 7) is 6.29. The molecule has 0 N–H and O–H groups in total. The summed E-state index contributed by atoms with van der Waals surface area (Å²) in [5.41, 5.74) is 4.46. The first kappa shape index (κ1) is 21.4. The third-order valence-corrected chi connectivity index (χ3v) is 5.12. The fourth-order valence-electron chi connectivity index (χ4n) is 3.13. The predicted molar refractivity (Wildman–Crippen MR) is 122 cm³/mol. The molecule has 1 unspecified atom stereocenters. The normalized spacial score (nSPS) is 11.6. The molecule has 5 heteroatoms. The first-order valence-electron chi connectivity index (χ1n) is 10.1. The first-order valence-corrected chi connectivity index (χ1v) is 10.1. The zero-order chi connectivity index (χ0) is 21.7. The number of hydrogen-bond donors (Lipinski definition) is 0. The Morgan fingerprint density at radius 2 is 1.73 bits per heavy atom. The lowest BCUT2D eigenvalue weighted by atomic mass is 10.1. The van der Waals surface area contributed by atoms with Crippen LogP contribution in [0.2, 0.25) is 0 Å². The molecule has 0 radical (unpaired) electrons. The van der Waals surface area contributed by atoms with E-state index in [-0.39, 0.29) is 5.91 Å². The van der Waals surface area contributed by atoms with Gasteiger partial charge in [-0.25, -0.2) is 4.98 Å². The number of hydrogen-bond acceptors (Lipinski definition) is 4. The van der Waals surface area contributed by atoms with Crippen LogP contribution >= 0.6 is 0 Å². The molecule has 1 atom stereocenters. The zero-order valence-electron chi connectivity index (χ0n) is 18.3. The molecule has 0 saturated heterocycles. The van der Waals surface area contributed by atoms with E-state index in [2.05, 4.69) is 11.9 Å². The minimum Gasteiger partial charge on any atom is -0.481 e. The van der Waals surface area contributed by atoms with Gasteiger partial charge in [-0.15, -0.1) is 0 Å². The molecule has 3 aromatic rings. The van der Waals surface area contributed by atoms with Crippen molar-refractivity contribution in [2.24, 2.45) is 0 Å². The quantitative estimate of drug-likeness (QED) is 0.570. The zero-order valence-corrected chi connectivity index (χ0v) is 18.3. The summed E-state index contributed by atoms with van der Waals surface area (Å²) < 4.78 is 5.98. The van der Waals surface area contributed by atoms with E-state index in [1.807, 2.05) is 86.6 Å². The van der Waals surface area contributed by atoms with Crippen LogP contribution in [0.15, 0.2) is 66.9 Å². The Labute approximate surface area is 178 Å².